The zero-order valence-electron chi connectivity index (χ0n) is 37.7. The zero-order valence-corrected chi connectivity index (χ0v) is 37.7. The second-order valence-corrected chi connectivity index (χ2v) is 14.9. The van der Waals surface area contributed by atoms with Gasteiger partial charge in [0.25, 0.3) is 0 Å². The van der Waals surface area contributed by atoms with Gasteiger partial charge in [-0.3, -0.25) is 0 Å². The minimum atomic E-state index is -6.37. The molecule has 0 aliphatic rings. The third kappa shape index (κ3) is 19.4. The molecule has 0 atom stereocenters. The molecule has 22 heteroatoms. The van der Waals surface area contributed by atoms with Crippen molar-refractivity contribution in [3.63, 3.8) is 0 Å². The summed E-state index contributed by atoms with van der Waals surface area (Å²) in [4.78, 5) is 47.5. The first kappa shape index (κ1) is 58.3. The molecule has 10 nitrogen and oxygen atoms in total. The van der Waals surface area contributed by atoms with Crippen molar-refractivity contribution in [2.45, 2.75) is 82.5 Å². The summed E-state index contributed by atoms with van der Waals surface area (Å²) >= 11 is 0. The van der Waals surface area contributed by atoms with Gasteiger partial charge in [-0.15, -0.1) is 0 Å². The summed E-state index contributed by atoms with van der Waals surface area (Å²) in [5.74, 6) is -17.8. The van der Waals surface area contributed by atoms with Gasteiger partial charge in [0.05, 0.1) is 37.6 Å². The van der Waals surface area contributed by atoms with Crippen LogP contribution in [0.2, 0.25) is 0 Å². The summed E-state index contributed by atoms with van der Waals surface area (Å²) < 4.78 is 181. The molecule has 0 unspecified atom stereocenters. The summed E-state index contributed by atoms with van der Waals surface area (Å²) in [5, 5.41) is 0. The molecule has 0 radical (unpaired) electrons. The summed E-state index contributed by atoms with van der Waals surface area (Å²) in [7, 11) is 0. The van der Waals surface area contributed by atoms with Crippen molar-refractivity contribution < 1.29 is 100 Å². The second kappa shape index (κ2) is 26.8. The first-order valence-corrected chi connectivity index (χ1v) is 21.4. The van der Waals surface area contributed by atoms with Crippen LogP contribution in [0.4, 0.5) is 52.7 Å². The Kier molecular flexibility index (Phi) is 22.0. The highest BCUT2D eigenvalue weighted by Gasteiger charge is 2.72. The fourth-order valence-corrected chi connectivity index (χ4v) is 5.30. The molecule has 0 amide bonds. The first-order chi connectivity index (χ1) is 33.3. The lowest BCUT2D eigenvalue weighted by atomic mass is 10.1. The maximum absolute atomic E-state index is 13.3. The minimum Gasteiger partial charge on any atom is -0.494 e. The molecular weight excluding hydrogens is 977 g/mol. The molecule has 386 valence electrons. The Bertz CT molecular complexity index is 2360. The van der Waals surface area contributed by atoms with Gasteiger partial charge >= 0.3 is 54.0 Å². The van der Waals surface area contributed by atoms with Crippen molar-refractivity contribution >= 4 is 36.0 Å². The molecular formula is C49H46F12O10. The van der Waals surface area contributed by atoms with Gasteiger partial charge in [0.15, 0.2) is 0 Å². The van der Waals surface area contributed by atoms with E-state index in [1.54, 1.807) is 42.5 Å². The predicted octanol–water partition coefficient (Wildman–Crippen LogP) is 13.1. The smallest absolute Gasteiger partial charge is 0.459 e. The Balaban J connectivity index is 0.000000377. The van der Waals surface area contributed by atoms with E-state index in [4.69, 9.17) is 28.4 Å². The van der Waals surface area contributed by atoms with E-state index in [-0.39, 0.29) is 40.7 Å². The topological polar surface area (TPSA) is 124 Å². The maximum Gasteiger partial charge on any atom is 0.459 e. The van der Waals surface area contributed by atoms with Gasteiger partial charge in [-0.2, -0.15) is 52.7 Å². The molecule has 71 heavy (non-hydrogen) atoms. The third-order valence-corrected chi connectivity index (χ3v) is 9.12. The van der Waals surface area contributed by atoms with E-state index in [1.807, 2.05) is 13.8 Å². The summed E-state index contributed by atoms with van der Waals surface area (Å²) in [6.45, 7) is 3.52. The molecule has 0 spiro atoms. The van der Waals surface area contributed by atoms with E-state index in [1.165, 1.54) is 78.9 Å². The monoisotopic (exact) mass is 1020 g/mol. The number of hydrogen-bond acceptors (Lipinski definition) is 10. The molecule has 0 aromatic heterocycles. The maximum atomic E-state index is 13.3. The molecule has 0 bridgehead atoms. The molecule has 4 aromatic carbocycles. The number of carbonyl (C=O) groups excluding carboxylic acids is 4. The molecule has 0 saturated heterocycles. The molecule has 0 heterocycles. The molecule has 4 rings (SSSR count). The quantitative estimate of drug-likeness (QED) is 0.0233. The van der Waals surface area contributed by atoms with Crippen LogP contribution >= 0.6 is 0 Å². The SMILES string of the molecule is CCCOC(=O)/C=C/c1ccc(OC(=O)c2ccc(OCCCC(F)(F)C(F)(F)C(F)(F)F)cc2)cc1.CCCOC(=O)/C=C/c1ccc(OC(=O)c2ccc(OCCCC(F)(F)C(F)(F)F)cc2)cc1. The van der Waals surface area contributed by atoms with Gasteiger partial charge in [-0.25, -0.2) is 19.2 Å². The van der Waals surface area contributed by atoms with Crippen LogP contribution in [-0.2, 0) is 19.1 Å². The number of hydrogen-bond donors (Lipinski definition) is 0. The highest BCUT2D eigenvalue weighted by Crippen LogP contribution is 2.48. The molecule has 4 aromatic rings. The van der Waals surface area contributed by atoms with Gasteiger partial charge in [0.2, 0.25) is 0 Å². The summed E-state index contributed by atoms with van der Waals surface area (Å²) in [6, 6.07) is 23.3. The van der Waals surface area contributed by atoms with Crippen LogP contribution in [0, 0.1) is 0 Å². The fourth-order valence-electron chi connectivity index (χ4n) is 5.30. The molecule has 0 saturated carbocycles. The Hall–Kier alpha value is -7.00. The van der Waals surface area contributed by atoms with Crippen molar-refractivity contribution in [1.82, 2.24) is 0 Å². The number of alkyl halides is 12. The standard InChI is InChI=1S/C25H23F7O5.C24H23F5O5/c1-2-15-36-21(33)13-6-17-4-9-20(10-5-17)37-22(34)18-7-11-19(12-8-18)35-16-3-14-23(26,27)24(28,29)25(30,31)32;1-2-15-33-21(30)13-6-17-4-9-20(10-5-17)34-22(31)18-7-11-19(12-8-18)32-16-3-14-23(25,26)24(27,28)29/h4-13H,2-3,14-16H2,1H3;4-13H,2-3,14-16H2,1H3/b2*13-6+. The van der Waals surface area contributed by atoms with Crippen LogP contribution in [0.15, 0.2) is 109 Å². The Labute approximate surface area is 399 Å². The van der Waals surface area contributed by atoms with Gasteiger partial charge in [0, 0.05) is 25.0 Å². The van der Waals surface area contributed by atoms with Gasteiger partial charge < -0.3 is 28.4 Å². The Morgan fingerprint density at radius 2 is 0.775 bits per heavy atom. The molecule has 0 N–H and O–H groups in total. The highest BCUT2D eigenvalue weighted by atomic mass is 19.4. The molecule has 0 aliphatic carbocycles. The van der Waals surface area contributed by atoms with Crippen molar-refractivity contribution in [2.75, 3.05) is 26.4 Å². The number of benzene rings is 4. The van der Waals surface area contributed by atoms with Crippen LogP contribution < -0.4 is 18.9 Å². The number of halogens is 12. The van der Waals surface area contributed by atoms with Crippen LogP contribution in [-0.4, -0.2) is 80.4 Å². The lowest BCUT2D eigenvalue weighted by molar-refractivity contribution is -0.355. The van der Waals surface area contributed by atoms with Gasteiger partial charge in [-0.05, 0) is 122 Å². The number of carbonyl (C=O) groups is 4. The van der Waals surface area contributed by atoms with Crippen LogP contribution in [0.5, 0.6) is 23.0 Å². The van der Waals surface area contributed by atoms with Crippen molar-refractivity contribution in [3.8, 4) is 23.0 Å². The Morgan fingerprint density at radius 1 is 0.437 bits per heavy atom. The van der Waals surface area contributed by atoms with E-state index in [0.717, 1.165) is 6.42 Å². The van der Waals surface area contributed by atoms with E-state index in [2.05, 4.69) is 0 Å². The summed E-state index contributed by atoms with van der Waals surface area (Å²) in [6.07, 6.45) is -9.26. The first-order valence-electron chi connectivity index (χ1n) is 21.4. The molecule has 0 aliphatic heterocycles. The average Bonchev–Trinajstić information content (AvgIpc) is 3.32. The molecule has 0 fully saturated rings. The number of esters is 4. The van der Waals surface area contributed by atoms with E-state index < -0.39 is 86.3 Å². The summed E-state index contributed by atoms with van der Waals surface area (Å²) in [5.41, 5.74) is 1.64. The lowest BCUT2D eigenvalue weighted by Crippen LogP contribution is -2.51. The van der Waals surface area contributed by atoms with Crippen LogP contribution in [0.25, 0.3) is 12.2 Å². The van der Waals surface area contributed by atoms with E-state index in [9.17, 15) is 71.9 Å². The van der Waals surface area contributed by atoms with E-state index in [0.29, 0.717) is 30.8 Å². The van der Waals surface area contributed by atoms with Crippen molar-refractivity contribution in [1.29, 1.82) is 0 Å². The normalized spacial score (nSPS) is 12.2. The van der Waals surface area contributed by atoms with Gasteiger partial charge in [-0.1, -0.05) is 38.1 Å². The van der Waals surface area contributed by atoms with Crippen LogP contribution in [0.1, 0.15) is 84.2 Å². The van der Waals surface area contributed by atoms with Crippen molar-refractivity contribution in [2.24, 2.45) is 0 Å². The predicted molar refractivity (Wildman–Crippen MR) is 233 cm³/mol. The lowest BCUT2D eigenvalue weighted by Gasteiger charge is -2.28. The van der Waals surface area contributed by atoms with E-state index >= 15 is 0 Å². The number of rotatable bonds is 23. The highest BCUT2D eigenvalue weighted by molar-refractivity contribution is 5.92. The van der Waals surface area contributed by atoms with Gasteiger partial charge in [0.1, 0.15) is 23.0 Å². The number of ether oxygens (including phenoxy) is 6. The minimum absolute atomic E-state index is 0.0797. The Morgan fingerprint density at radius 3 is 1.10 bits per heavy atom. The zero-order chi connectivity index (χ0) is 52.9. The third-order valence-electron chi connectivity index (χ3n) is 9.12. The van der Waals surface area contributed by atoms with Crippen LogP contribution in [0.3, 0.4) is 0 Å². The fraction of sp³-hybridized carbons (Fsp3) is 0.347. The second-order valence-electron chi connectivity index (χ2n) is 14.9. The average molecular weight is 1020 g/mol. The largest absolute Gasteiger partial charge is 0.494 e. The van der Waals surface area contributed by atoms with Crippen molar-refractivity contribution in [3.05, 3.63) is 131 Å².